The molecule has 1 saturated carbocycles. The molecule has 2 aromatic carbocycles. The van der Waals surface area contributed by atoms with Gasteiger partial charge in [-0.25, -0.2) is 4.79 Å². The number of rotatable bonds is 4. The van der Waals surface area contributed by atoms with Crippen LogP contribution in [0.5, 0.6) is 5.75 Å². The minimum Gasteiger partial charge on any atom is -0.507 e. The van der Waals surface area contributed by atoms with Crippen LogP contribution in [0.25, 0.3) is 10.8 Å². The van der Waals surface area contributed by atoms with E-state index in [-0.39, 0.29) is 29.9 Å². The lowest BCUT2D eigenvalue weighted by Crippen LogP contribution is -2.42. The molecule has 0 saturated heterocycles. The van der Waals surface area contributed by atoms with Crippen molar-refractivity contribution >= 4 is 22.6 Å². The largest absolute Gasteiger partial charge is 0.507 e. The molecule has 1 fully saturated rings. The highest BCUT2D eigenvalue weighted by atomic mass is 16.5. The maximum Gasteiger partial charge on any atom is 0.342 e. The Morgan fingerprint density at radius 2 is 1.84 bits per heavy atom. The second-order valence-corrected chi connectivity index (χ2v) is 6.73. The van der Waals surface area contributed by atoms with Crippen LogP contribution in [-0.4, -0.2) is 29.6 Å². The van der Waals surface area contributed by atoms with Crippen LogP contribution >= 0.6 is 0 Å². The highest BCUT2D eigenvalue weighted by Crippen LogP contribution is 2.26. The summed E-state index contributed by atoms with van der Waals surface area (Å²) < 4.78 is 5.09. The lowest BCUT2D eigenvalue weighted by atomic mass is 9.86. The zero-order chi connectivity index (χ0) is 17.8. The normalized spacial score (nSPS) is 20.2. The van der Waals surface area contributed by atoms with E-state index in [9.17, 15) is 14.7 Å². The Morgan fingerprint density at radius 1 is 1.16 bits per heavy atom. The van der Waals surface area contributed by atoms with Crippen LogP contribution in [0.3, 0.4) is 0 Å². The minimum atomic E-state index is -0.699. The molecule has 0 bridgehead atoms. The van der Waals surface area contributed by atoms with Crippen LogP contribution < -0.4 is 5.32 Å². The maximum atomic E-state index is 12.2. The molecule has 25 heavy (non-hydrogen) atoms. The molecule has 5 heteroatoms. The molecule has 2 atom stereocenters. The number of carbonyl (C=O) groups is 2. The van der Waals surface area contributed by atoms with Gasteiger partial charge in [0.25, 0.3) is 5.91 Å². The number of nitrogens with one attached hydrogen (secondary N) is 1. The lowest BCUT2D eigenvalue weighted by molar-refractivity contribution is -0.125. The van der Waals surface area contributed by atoms with Gasteiger partial charge in [-0.15, -0.1) is 0 Å². The maximum absolute atomic E-state index is 12.2. The minimum absolute atomic E-state index is 0.0672. The molecule has 0 heterocycles. The molecule has 0 aliphatic heterocycles. The third-order valence-corrected chi connectivity index (χ3v) is 4.88. The summed E-state index contributed by atoms with van der Waals surface area (Å²) in [7, 11) is 0. The molecule has 1 aliphatic rings. The summed E-state index contributed by atoms with van der Waals surface area (Å²) in [4.78, 5) is 24.2. The smallest absolute Gasteiger partial charge is 0.342 e. The van der Waals surface area contributed by atoms with Crippen molar-refractivity contribution in [2.75, 3.05) is 6.61 Å². The fourth-order valence-corrected chi connectivity index (χ4v) is 3.38. The fourth-order valence-electron chi connectivity index (χ4n) is 3.38. The Hall–Kier alpha value is -2.56. The van der Waals surface area contributed by atoms with Gasteiger partial charge in [0, 0.05) is 6.04 Å². The van der Waals surface area contributed by atoms with Crippen molar-refractivity contribution in [3.63, 3.8) is 0 Å². The van der Waals surface area contributed by atoms with Crippen LogP contribution in [0.2, 0.25) is 0 Å². The van der Waals surface area contributed by atoms with Crippen molar-refractivity contribution in [3.8, 4) is 5.75 Å². The summed E-state index contributed by atoms with van der Waals surface area (Å²) in [5.74, 6) is -0.703. The highest BCUT2D eigenvalue weighted by Gasteiger charge is 2.23. The monoisotopic (exact) mass is 341 g/mol. The van der Waals surface area contributed by atoms with Gasteiger partial charge in [-0.2, -0.15) is 0 Å². The number of ether oxygens (including phenoxy) is 1. The van der Waals surface area contributed by atoms with Crippen LogP contribution in [0.15, 0.2) is 36.4 Å². The summed E-state index contributed by atoms with van der Waals surface area (Å²) >= 11 is 0. The number of hydrogen-bond acceptors (Lipinski definition) is 4. The molecule has 0 spiro atoms. The molecule has 1 amide bonds. The van der Waals surface area contributed by atoms with Gasteiger partial charge in [0.1, 0.15) is 11.3 Å². The number of benzene rings is 2. The van der Waals surface area contributed by atoms with E-state index >= 15 is 0 Å². The fraction of sp³-hybridized carbons (Fsp3) is 0.400. The number of hydrogen-bond donors (Lipinski definition) is 2. The van der Waals surface area contributed by atoms with Crippen LogP contribution in [0, 0.1) is 5.92 Å². The SMILES string of the molecule is C[C@H]1CCCC[C@H]1NC(=O)COC(=O)c1cc2ccccc2cc1O. The van der Waals surface area contributed by atoms with Gasteiger partial charge in [-0.1, -0.05) is 44.0 Å². The molecule has 0 aromatic heterocycles. The van der Waals surface area contributed by atoms with Gasteiger partial charge in [0.2, 0.25) is 0 Å². The third kappa shape index (κ3) is 4.10. The van der Waals surface area contributed by atoms with E-state index in [1.807, 2.05) is 24.3 Å². The molecule has 132 valence electrons. The molecule has 2 N–H and O–H groups in total. The molecule has 1 aliphatic carbocycles. The predicted molar refractivity (Wildman–Crippen MR) is 95.5 cm³/mol. The van der Waals surface area contributed by atoms with Crippen LogP contribution in [0.1, 0.15) is 43.0 Å². The van der Waals surface area contributed by atoms with Crippen molar-refractivity contribution in [2.24, 2.45) is 5.92 Å². The van der Waals surface area contributed by atoms with E-state index in [2.05, 4.69) is 12.2 Å². The Bertz CT molecular complexity index is 786. The number of phenols is 1. The third-order valence-electron chi connectivity index (χ3n) is 4.88. The average Bonchev–Trinajstić information content (AvgIpc) is 2.61. The van der Waals surface area contributed by atoms with Crippen molar-refractivity contribution in [3.05, 3.63) is 42.0 Å². The summed E-state index contributed by atoms with van der Waals surface area (Å²) in [5.41, 5.74) is 0.0672. The van der Waals surface area contributed by atoms with E-state index in [0.29, 0.717) is 5.92 Å². The molecule has 3 rings (SSSR count). The second kappa shape index (κ2) is 7.55. The summed E-state index contributed by atoms with van der Waals surface area (Å²) in [6.45, 7) is 1.79. The first-order valence-electron chi connectivity index (χ1n) is 8.73. The summed E-state index contributed by atoms with van der Waals surface area (Å²) in [5, 5.41) is 14.6. The Labute approximate surface area is 147 Å². The standard InChI is InChI=1S/C20H23NO4/c1-13-6-2-5-9-17(13)21-19(23)12-25-20(24)16-10-14-7-3-4-8-15(14)11-18(16)22/h3-4,7-8,10-11,13,17,22H,2,5-6,9,12H2,1H3,(H,21,23)/t13-,17+/m0/s1. The number of phenolic OH excluding ortho intramolecular Hbond substituents is 1. The zero-order valence-electron chi connectivity index (χ0n) is 14.3. The topological polar surface area (TPSA) is 75.6 Å². The first-order valence-corrected chi connectivity index (χ1v) is 8.73. The van der Waals surface area contributed by atoms with Gasteiger partial charge in [0.05, 0.1) is 0 Å². The van der Waals surface area contributed by atoms with E-state index in [1.165, 1.54) is 12.5 Å². The molecule has 0 radical (unpaired) electrons. The van der Waals surface area contributed by atoms with Gasteiger partial charge >= 0.3 is 5.97 Å². The summed E-state index contributed by atoms with van der Waals surface area (Å²) in [6.07, 6.45) is 4.38. The first kappa shape index (κ1) is 17.3. The number of esters is 1. The number of aromatic hydroxyl groups is 1. The van der Waals surface area contributed by atoms with Gasteiger partial charge in [-0.05, 0) is 41.7 Å². The average molecular weight is 341 g/mol. The zero-order valence-corrected chi connectivity index (χ0v) is 14.3. The molecule has 5 nitrogen and oxygen atoms in total. The molecular weight excluding hydrogens is 318 g/mol. The van der Waals surface area contributed by atoms with Gasteiger partial charge in [0.15, 0.2) is 6.61 Å². The highest BCUT2D eigenvalue weighted by molar-refractivity contribution is 5.99. The van der Waals surface area contributed by atoms with Crippen molar-refractivity contribution < 1.29 is 19.4 Å². The van der Waals surface area contributed by atoms with Gasteiger partial charge in [-0.3, -0.25) is 4.79 Å². The Balaban J connectivity index is 1.60. The second-order valence-electron chi connectivity index (χ2n) is 6.73. The molecular formula is C20H23NO4. The first-order chi connectivity index (χ1) is 12.0. The lowest BCUT2D eigenvalue weighted by Gasteiger charge is -2.29. The number of fused-ring (bicyclic) bond motifs is 1. The number of carbonyl (C=O) groups excluding carboxylic acids is 2. The molecule has 2 aromatic rings. The quantitative estimate of drug-likeness (QED) is 0.836. The predicted octanol–water partition coefficient (Wildman–Crippen LogP) is 3.40. The van der Waals surface area contributed by atoms with Crippen LogP contribution in [0.4, 0.5) is 0 Å². The Morgan fingerprint density at radius 3 is 2.56 bits per heavy atom. The Kier molecular flexibility index (Phi) is 5.22. The van der Waals surface area contributed by atoms with E-state index in [0.717, 1.165) is 30.0 Å². The number of amides is 1. The van der Waals surface area contributed by atoms with Gasteiger partial charge < -0.3 is 15.2 Å². The van der Waals surface area contributed by atoms with Crippen LogP contribution in [-0.2, 0) is 9.53 Å². The van der Waals surface area contributed by atoms with Crippen molar-refractivity contribution in [1.82, 2.24) is 5.32 Å². The van der Waals surface area contributed by atoms with E-state index < -0.39 is 5.97 Å². The van der Waals surface area contributed by atoms with Crippen molar-refractivity contribution in [1.29, 1.82) is 0 Å². The van der Waals surface area contributed by atoms with E-state index in [4.69, 9.17) is 4.74 Å². The molecule has 0 unspecified atom stereocenters. The summed E-state index contributed by atoms with van der Waals surface area (Å²) in [6, 6.07) is 10.7. The van der Waals surface area contributed by atoms with Crippen molar-refractivity contribution in [2.45, 2.75) is 38.6 Å². The van der Waals surface area contributed by atoms with E-state index in [1.54, 1.807) is 6.07 Å².